The van der Waals surface area contributed by atoms with Crippen molar-refractivity contribution in [3.8, 4) is 6.07 Å². The number of halogens is 1. The van der Waals surface area contributed by atoms with Crippen LogP contribution in [0.1, 0.15) is 46.1 Å². The molecule has 28 heavy (non-hydrogen) atoms. The monoisotopic (exact) mass is 409 g/mol. The molecule has 1 aromatic heterocycles. The van der Waals surface area contributed by atoms with Gasteiger partial charge in [-0.2, -0.15) is 5.26 Å². The van der Waals surface area contributed by atoms with Crippen molar-refractivity contribution >= 4 is 29.5 Å². The van der Waals surface area contributed by atoms with E-state index in [1.165, 1.54) is 11.0 Å². The van der Waals surface area contributed by atoms with Crippen molar-refractivity contribution in [1.82, 2.24) is 15.1 Å². The minimum absolute atomic E-state index is 0.114. The third kappa shape index (κ3) is 5.70. The summed E-state index contributed by atoms with van der Waals surface area (Å²) in [7, 11) is 0. The minimum Gasteiger partial charge on any atom is -0.464 e. The average molecular weight is 410 g/mol. The number of amides is 1. The fourth-order valence-electron chi connectivity index (χ4n) is 2.85. The molecular formula is C18H24ClN5O4. The smallest absolute Gasteiger partial charge is 0.411 e. The molecule has 2 heterocycles. The molecule has 0 saturated carbocycles. The number of aromatic nitrogens is 2. The van der Waals surface area contributed by atoms with Gasteiger partial charge in [-0.15, -0.1) is 10.2 Å². The Morgan fingerprint density at radius 3 is 2.71 bits per heavy atom. The first-order chi connectivity index (χ1) is 13.1. The molecule has 1 amide bonds. The Morgan fingerprint density at radius 1 is 1.39 bits per heavy atom. The van der Waals surface area contributed by atoms with Gasteiger partial charge in [-0.05, 0) is 46.6 Å². The molecular weight excluding hydrogens is 386 g/mol. The number of carbonyl (C=O) groups is 2. The van der Waals surface area contributed by atoms with Gasteiger partial charge >= 0.3 is 12.1 Å². The number of nitriles is 1. The SMILES string of the molecule is CCOC(=O)[C@@H]1CC[C@@H](Nc2nnc(Cl)cc2C#N)CN1C(=O)OC(C)(C)C. The van der Waals surface area contributed by atoms with Gasteiger partial charge in [0.1, 0.15) is 17.7 Å². The van der Waals surface area contributed by atoms with Gasteiger partial charge in [-0.3, -0.25) is 4.90 Å². The number of rotatable bonds is 4. The first-order valence-electron chi connectivity index (χ1n) is 9.00. The van der Waals surface area contributed by atoms with E-state index in [4.69, 9.17) is 21.1 Å². The average Bonchev–Trinajstić information content (AvgIpc) is 2.61. The van der Waals surface area contributed by atoms with Crippen LogP contribution in [0.15, 0.2) is 6.07 Å². The van der Waals surface area contributed by atoms with E-state index in [-0.39, 0.29) is 35.7 Å². The maximum Gasteiger partial charge on any atom is 0.411 e. The van der Waals surface area contributed by atoms with Gasteiger partial charge in [0.05, 0.1) is 12.2 Å². The summed E-state index contributed by atoms with van der Waals surface area (Å²) in [5.74, 6) is -0.188. The van der Waals surface area contributed by atoms with Crippen molar-refractivity contribution in [2.24, 2.45) is 0 Å². The summed E-state index contributed by atoms with van der Waals surface area (Å²) in [6.07, 6.45) is 0.358. The summed E-state index contributed by atoms with van der Waals surface area (Å²) in [5, 5.41) is 20.1. The zero-order valence-corrected chi connectivity index (χ0v) is 17.1. The third-order valence-corrected chi connectivity index (χ3v) is 4.18. The normalized spacial score (nSPS) is 19.5. The second-order valence-corrected chi connectivity index (χ2v) is 7.75. The molecule has 0 aliphatic carbocycles. The molecule has 0 radical (unpaired) electrons. The third-order valence-electron chi connectivity index (χ3n) is 3.99. The van der Waals surface area contributed by atoms with Gasteiger partial charge in [0.15, 0.2) is 11.0 Å². The van der Waals surface area contributed by atoms with Gasteiger partial charge in [0.2, 0.25) is 0 Å². The van der Waals surface area contributed by atoms with Crippen molar-refractivity contribution in [1.29, 1.82) is 5.26 Å². The van der Waals surface area contributed by atoms with E-state index in [2.05, 4.69) is 15.5 Å². The lowest BCUT2D eigenvalue weighted by Gasteiger charge is -2.39. The number of nitrogens with one attached hydrogen (secondary N) is 1. The number of hydrogen-bond donors (Lipinski definition) is 1. The highest BCUT2D eigenvalue weighted by Gasteiger charge is 2.39. The topological polar surface area (TPSA) is 117 Å². The second kappa shape index (κ2) is 9.06. The molecule has 1 saturated heterocycles. The van der Waals surface area contributed by atoms with Crippen molar-refractivity contribution in [2.75, 3.05) is 18.5 Å². The van der Waals surface area contributed by atoms with Crippen molar-refractivity contribution in [3.05, 3.63) is 16.8 Å². The van der Waals surface area contributed by atoms with Crippen molar-refractivity contribution in [2.45, 2.75) is 58.2 Å². The standard InChI is InChI=1S/C18H24ClN5O4/c1-5-27-16(25)13-7-6-12(10-24(13)17(26)28-18(2,3)4)21-15-11(9-20)8-14(19)22-23-15/h8,12-13H,5-7,10H2,1-4H3,(H,21,23)/t12-,13+/m1/s1. The molecule has 1 fully saturated rings. The molecule has 1 N–H and O–H groups in total. The van der Waals surface area contributed by atoms with Crippen LogP contribution >= 0.6 is 11.6 Å². The van der Waals surface area contributed by atoms with Gasteiger partial charge in [-0.1, -0.05) is 11.6 Å². The molecule has 0 spiro atoms. The fourth-order valence-corrected chi connectivity index (χ4v) is 2.99. The molecule has 1 aliphatic heterocycles. The Bertz CT molecular complexity index is 774. The predicted molar refractivity (Wildman–Crippen MR) is 102 cm³/mol. The Kier molecular flexibility index (Phi) is 7.02. The van der Waals surface area contributed by atoms with Crippen LogP contribution < -0.4 is 5.32 Å². The molecule has 10 heteroatoms. The highest BCUT2D eigenvalue weighted by atomic mass is 35.5. The lowest BCUT2D eigenvalue weighted by atomic mass is 9.98. The van der Waals surface area contributed by atoms with E-state index in [9.17, 15) is 14.9 Å². The lowest BCUT2D eigenvalue weighted by molar-refractivity contribution is -0.150. The number of nitrogens with zero attached hydrogens (tertiary/aromatic N) is 4. The van der Waals surface area contributed by atoms with Gasteiger partial charge in [0, 0.05) is 12.6 Å². The fraction of sp³-hybridized carbons (Fsp3) is 0.611. The molecule has 2 atom stereocenters. The zero-order chi connectivity index (χ0) is 20.9. The Morgan fingerprint density at radius 2 is 2.11 bits per heavy atom. The Balaban J connectivity index is 2.19. The zero-order valence-electron chi connectivity index (χ0n) is 16.4. The molecule has 152 valence electrons. The highest BCUT2D eigenvalue weighted by Crippen LogP contribution is 2.25. The number of anilines is 1. The highest BCUT2D eigenvalue weighted by molar-refractivity contribution is 6.29. The van der Waals surface area contributed by atoms with Gasteiger partial charge in [0.25, 0.3) is 0 Å². The van der Waals surface area contributed by atoms with E-state index in [0.29, 0.717) is 12.8 Å². The van der Waals surface area contributed by atoms with Gasteiger partial charge in [-0.25, -0.2) is 9.59 Å². The predicted octanol–water partition coefficient (Wildman–Crippen LogP) is 2.74. The second-order valence-electron chi connectivity index (χ2n) is 7.36. The van der Waals surface area contributed by atoms with Crippen LogP contribution in [0.3, 0.4) is 0 Å². The number of likely N-dealkylation sites (tertiary alicyclic amines) is 1. The van der Waals surface area contributed by atoms with E-state index < -0.39 is 23.7 Å². The first kappa shape index (κ1) is 21.7. The van der Waals surface area contributed by atoms with Crippen LogP contribution in [0.5, 0.6) is 0 Å². The van der Waals surface area contributed by atoms with E-state index in [1.807, 2.05) is 6.07 Å². The van der Waals surface area contributed by atoms with Crippen molar-refractivity contribution in [3.63, 3.8) is 0 Å². The summed E-state index contributed by atoms with van der Waals surface area (Å²) >= 11 is 5.77. The molecule has 0 aromatic carbocycles. The van der Waals surface area contributed by atoms with E-state index in [1.54, 1.807) is 27.7 Å². The minimum atomic E-state index is -0.723. The molecule has 0 bridgehead atoms. The van der Waals surface area contributed by atoms with Crippen LogP contribution in [-0.4, -0.2) is 58.0 Å². The number of hydrogen-bond acceptors (Lipinski definition) is 8. The van der Waals surface area contributed by atoms with Crippen molar-refractivity contribution < 1.29 is 19.1 Å². The first-order valence-corrected chi connectivity index (χ1v) is 9.38. The van der Waals surface area contributed by atoms with E-state index in [0.717, 1.165) is 0 Å². The van der Waals surface area contributed by atoms with Crippen LogP contribution in [0.25, 0.3) is 0 Å². The molecule has 1 aromatic rings. The maximum atomic E-state index is 12.7. The summed E-state index contributed by atoms with van der Waals surface area (Å²) in [6, 6.07) is 2.44. The molecule has 2 rings (SSSR count). The Labute approximate surface area is 168 Å². The summed E-state index contributed by atoms with van der Waals surface area (Å²) in [6.45, 7) is 7.40. The number of carbonyl (C=O) groups excluding carboxylic acids is 2. The number of piperidine rings is 1. The maximum absolute atomic E-state index is 12.7. The van der Waals surface area contributed by atoms with Gasteiger partial charge < -0.3 is 14.8 Å². The van der Waals surface area contributed by atoms with Crippen LogP contribution in [0.2, 0.25) is 5.15 Å². The van der Waals surface area contributed by atoms with Crippen LogP contribution in [-0.2, 0) is 14.3 Å². The molecule has 0 unspecified atom stereocenters. The van der Waals surface area contributed by atoms with Crippen LogP contribution in [0, 0.1) is 11.3 Å². The van der Waals surface area contributed by atoms with E-state index >= 15 is 0 Å². The lowest BCUT2D eigenvalue weighted by Crippen LogP contribution is -2.55. The summed E-state index contributed by atoms with van der Waals surface area (Å²) < 4.78 is 10.6. The Hall–Kier alpha value is -2.60. The van der Waals surface area contributed by atoms with Crippen LogP contribution in [0.4, 0.5) is 10.6 Å². The summed E-state index contributed by atoms with van der Waals surface area (Å²) in [5.41, 5.74) is -0.455. The molecule has 9 nitrogen and oxygen atoms in total. The quantitative estimate of drug-likeness (QED) is 0.754. The number of ether oxygens (including phenoxy) is 2. The number of esters is 1. The molecule has 1 aliphatic rings. The summed E-state index contributed by atoms with van der Waals surface area (Å²) in [4.78, 5) is 26.3. The largest absolute Gasteiger partial charge is 0.464 e.